The Morgan fingerprint density at radius 3 is 1.88 bits per heavy atom. The van der Waals surface area contributed by atoms with Crippen LogP contribution in [0.1, 0.15) is 17.5 Å². The minimum atomic E-state index is -0.502. The van der Waals surface area contributed by atoms with E-state index in [1.807, 2.05) is 60.7 Å². The average molecular weight is 340 g/mol. The molecule has 5 heteroatoms. The third-order valence-electron chi connectivity index (χ3n) is 4.51. The van der Waals surface area contributed by atoms with Gasteiger partial charge in [-0.05, 0) is 17.5 Å². The molecule has 1 saturated carbocycles. The van der Waals surface area contributed by atoms with Crippen LogP contribution in [0.3, 0.4) is 0 Å². The largest absolute Gasteiger partial charge is 0.376 e. The van der Waals surface area contributed by atoms with Crippen LogP contribution in [0.2, 0.25) is 0 Å². The summed E-state index contributed by atoms with van der Waals surface area (Å²) in [5.41, 5.74) is 7.32. The molecule has 0 heterocycles. The number of ether oxygens (including phenoxy) is 2. The maximum atomic E-state index is 11.2. The van der Waals surface area contributed by atoms with Crippen LogP contribution in [0.25, 0.3) is 0 Å². The summed E-state index contributed by atoms with van der Waals surface area (Å²) < 4.78 is 11.8. The quantitative estimate of drug-likeness (QED) is 0.737. The van der Waals surface area contributed by atoms with Crippen LogP contribution in [0.5, 0.6) is 0 Å². The molecule has 2 aromatic carbocycles. The Morgan fingerprint density at radius 1 is 0.960 bits per heavy atom. The number of carbonyl (C=O) groups is 1. The molecule has 1 aliphatic rings. The van der Waals surface area contributed by atoms with Gasteiger partial charge in [-0.15, -0.1) is 0 Å². The smallest absolute Gasteiger partial charge is 0.312 e. The molecule has 3 rings (SSSR count). The van der Waals surface area contributed by atoms with E-state index in [2.05, 4.69) is 5.32 Å². The number of carbonyl (C=O) groups excluding carboxylic acids is 1. The van der Waals surface area contributed by atoms with E-state index in [9.17, 15) is 4.79 Å². The second-order valence-electron chi connectivity index (χ2n) is 6.58. The number of primary amides is 1. The number of hydrogen-bond acceptors (Lipinski definition) is 3. The first kappa shape index (κ1) is 17.5. The van der Waals surface area contributed by atoms with Crippen molar-refractivity contribution in [3.8, 4) is 0 Å². The summed E-state index contributed by atoms with van der Waals surface area (Å²) >= 11 is 0. The van der Waals surface area contributed by atoms with Crippen molar-refractivity contribution in [1.82, 2.24) is 5.32 Å². The first-order chi connectivity index (χ1) is 12.2. The Hall–Kier alpha value is -2.37. The van der Waals surface area contributed by atoms with E-state index in [1.54, 1.807) is 0 Å². The minimum absolute atomic E-state index is 0.0107. The predicted octanol–water partition coefficient (Wildman–Crippen LogP) is 2.85. The highest BCUT2D eigenvalue weighted by Gasteiger charge is 2.55. The Morgan fingerprint density at radius 2 is 1.44 bits per heavy atom. The Labute approximate surface area is 148 Å². The number of amides is 2. The average Bonchev–Trinajstić information content (AvgIpc) is 3.28. The van der Waals surface area contributed by atoms with Gasteiger partial charge >= 0.3 is 6.03 Å². The molecule has 1 fully saturated rings. The van der Waals surface area contributed by atoms with Crippen LogP contribution in [0, 0.1) is 5.41 Å². The Bertz CT molecular complexity index is 630. The number of rotatable bonds is 9. The zero-order valence-corrected chi connectivity index (χ0v) is 14.2. The lowest BCUT2D eigenvalue weighted by molar-refractivity contribution is 0.0120. The van der Waals surface area contributed by atoms with Gasteiger partial charge < -0.3 is 20.5 Å². The highest BCUT2D eigenvalue weighted by Crippen LogP contribution is 2.46. The van der Waals surface area contributed by atoms with Gasteiger partial charge in [-0.1, -0.05) is 60.7 Å². The Balaban J connectivity index is 1.50. The van der Waals surface area contributed by atoms with E-state index in [-0.39, 0.29) is 11.5 Å². The third-order valence-corrected chi connectivity index (χ3v) is 4.51. The monoisotopic (exact) mass is 340 g/mol. The van der Waals surface area contributed by atoms with Crippen molar-refractivity contribution in [3.05, 3.63) is 71.8 Å². The van der Waals surface area contributed by atoms with Gasteiger partial charge in [-0.25, -0.2) is 4.79 Å². The van der Waals surface area contributed by atoms with Gasteiger partial charge in [0, 0.05) is 11.5 Å². The number of urea groups is 1. The van der Waals surface area contributed by atoms with Crippen molar-refractivity contribution in [2.45, 2.75) is 25.7 Å². The van der Waals surface area contributed by atoms with Crippen molar-refractivity contribution in [2.75, 3.05) is 13.2 Å². The second-order valence-corrected chi connectivity index (χ2v) is 6.58. The molecule has 0 aromatic heterocycles. The molecule has 2 amide bonds. The van der Waals surface area contributed by atoms with Crippen LogP contribution >= 0.6 is 0 Å². The van der Waals surface area contributed by atoms with E-state index < -0.39 is 6.03 Å². The first-order valence-corrected chi connectivity index (χ1v) is 8.47. The molecule has 3 N–H and O–H groups in total. The van der Waals surface area contributed by atoms with Gasteiger partial charge in [0.05, 0.1) is 26.4 Å². The van der Waals surface area contributed by atoms with Crippen LogP contribution < -0.4 is 11.1 Å². The van der Waals surface area contributed by atoms with Crippen LogP contribution in [0.4, 0.5) is 4.79 Å². The van der Waals surface area contributed by atoms with Crippen molar-refractivity contribution < 1.29 is 14.3 Å². The van der Waals surface area contributed by atoms with Crippen LogP contribution in [-0.2, 0) is 22.7 Å². The van der Waals surface area contributed by atoms with Gasteiger partial charge in [-0.2, -0.15) is 0 Å². The van der Waals surface area contributed by atoms with Gasteiger partial charge in [-0.3, -0.25) is 0 Å². The fraction of sp³-hybridized carbons (Fsp3) is 0.350. The topological polar surface area (TPSA) is 73.6 Å². The molecule has 5 nitrogen and oxygen atoms in total. The van der Waals surface area contributed by atoms with E-state index in [0.717, 1.165) is 17.5 Å². The molecule has 0 saturated heterocycles. The maximum absolute atomic E-state index is 11.2. The van der Waals surface area contributed by atoms with E-state index in [4.69, 9.17) is 15.2 Å². The van der Waals surface area contributed by atoms with E-state index >= 15 is 0 Å². The highest BCUT2D eigenvalue weighted by atomic mass is 16.5. The standard InChI is InChI=1S/C20H24N2O3/c21-19(23)22-18-11-20(18,14-24-12-16-7-3-1-4-8-16)15-25-13-17-9-5-2-6-10-17/h1-10,18H,11-15H2,(H3,21,22,23). The molecular weight excluding hydrogens is 316 g/mol. The first-order valence-electron chi connectivity index (χ1n) is 8.47. The van der Waals surface area contributed by atoms with Gasteiger partial charge in [0.15, 0.2) is 0 Å². The van der Waals surface area contributed by atoms with Gasteiger partial charge in [0.2, 0.25) is 0 Å². The molecule has 25 heavy (non-hydrogen) atoms. The summed E-state index contributed by atoms with van der Waals surface area (Å²) in [5, 5.41) is 2.78. The molecule has 1 unspecified atom stereocenters. The van der Waals surface area contributed by atoms with Crippen molar-refractivity contribution >= 4 is 6.03 Å². The van der Waals surface area contributed by atoms with E-state index in [0.29, 0.717) is 26.4 Å². The van der Waals surface area contributed by atoms with Crippen molar-refractivity contribution in [1.29, 1.82) is 0 Å². The SMILES string of the molecule is NC(=O)NC1CC1(COCc1ccccc1)COCc1ccccc1. The summed E-state index contributed by atoms with van der Waals surface area (Å²) in [6.45, 7) is 2.15. The fourth-order valence-electron chi connectivity index (χ4n) is 2.98. The maximum Gasteiger partial charge on any atom is 0.312 e. The second kappa shape index (κ2) is 8.14. The summed E-state index contributed by atoms with van der Waals surface area (Å²) in [4.78, 5) is 11.2. The molecule has 132 valence electrons. The highest BCUT2D eigenvalue weighted by molar-refractivity contribution is 5.72. The zero-order valence-electron chi connectivity index (χ0n) is 14.2. The molecule has 1 aliphatic carbocycles. The Kier molecular flexibility index (Phi) is 5.68. The lowest BCUT2D eigenvalue weighted by Crippen LogP contribution is -2.36. The molecule has 0 radical (unpaired) electrons. The number of benzene rings is 2. The lowest BCUT2D eigenvalue weighted by Gasteiger charge is -2.18. The normalized spacial score (nSPS) is 17.8. The molecule has 0 bridgehead atoms. The fourth-order valence-corrected chi connectivity index (χ4v) is 2.98. The predicted molar refractivity (Wildman–Crippen MR) is 95.8 cm³/mol. The molecule has 1 atom stereocenters. The van der Waals surface area contributed by atoms with Gasteiger partial charge in [0.1, 0.15) is 0 Å². The van der Waals surface area contributed by atoms with Crippen LogP contribution in [0.15, 0.2) is 60.7 Å². The number of hydrogen-bond donors (Lipinski definition) is 2. The molecule has 0 aliphatic heterocycles. The number of nitrogens with one attached hydrogen (secondary N) is 1. The van der Waals surface area contributed by atoms with Crippen LogP contribution in [-0.4, -0.2) is 25.3 Å². The lowest BCUT2D eigenvalue weighted by atomic mass is 10.1. The minimum Gasteiger partial charge on any atom is -0.376 e. The van der Waals surface area contributed by atoms with Gasteiger partial charge in [0.25, 0.3) is 0 Å². The third kappa shape index (κ3) is 5.05. The summed E-state index contributed by atoms with van der Waals surface area (Å²) in [6.07, 6.45) is 0.819. The molecule has 0 spiro atoms. The van der Waals surface area contributed by atoms with E-state index in [1.165, 1.54) is 0 Å². The zero-order chi connectivity index (χ0) is 17.5. The number of nitrogens with two attached hydrogens (primary N) is 1. The summed E-state index contributed by atoms with van der Waals surface area (Å²) in [7, 11) is 0. The van der Waals surface area contributed by atoms with Crippen molar-refractivity contribution in [3.63, 3.8) is 0 Å². The molecule has 2 aromatic rings. The molecular formula is C20H24N2O3. The summed E-state index contributed by atoms with van der Waals surface area (Å²) in [5.74, 6) is 0. The summed E-state index contributed by atoms with van der Waals surface area (Å²) in [6, 6.07) is 19.6. The van der Waals surface area contributed by atoms with Crippen molar-refractivity contribution in [2.24, 2.45) is 11.1 Å².